The van der Waals surface area contributed by atoms with Gasteiger partial charge >= 0.3 is 0 Å². The molecule has 0 fully saturated rings. The number of nitrogens with zero attached hydrogens (tertiary/aromatic N) is 2. The second kappa shape index (κ2) is 15.7. The van der Waals surface area contributed by atoms with E-state index in [1.165, 1.54) is 28.8 Å². The predicted octanol–water partition coefficient (Wildman–Crippen LogP) is 7.00. The Morgan fingerprint density at radius 3 is 2.18 bits per heavy atom. The summed E-state index contributed by atoms with van der Waals surface area (Å²) in [5.41, 5.74) is 2.66. The zero-order chi connectivity index (χ0) is 32.6. The third-order valence-corrected chi connectivity index (χ3v) is 10.3. The van der Waals surface area contributed by atoms with Gasteiger partial charge in [0, 0.05) is 34.5 Å². The predicted molar refractivity (Wildman–Crippen MR) is 184 cm³/mol. The van der Waals surface area contributed by atoms with Crippen LogP contribution in [0.2, 0.25) is 10.0 Å². The average Bonchev–Trinajstić information content (AvgIpc) is 3.03. The fourth-order valence-electron chi connectivity index (χ4n) is 4.79. The highest BCUT2D eigenvalue weighted by molar-refractivity contribution is 7.98. The van der Waals surface area contributed by atoms with Gasteiger partial charge in [0.2, 0.25) is 11.8 Å². The van der Waals surface area contributed by atoms with Gasteiger partial charge in [-0.1, -0.05) is 77.3 Å². The largest absolute Gasteiger partial charge is 0.355 e. The molecule has 0 saturated carbocycles. The quantitative estimate of drug-likeness (QED) is 0.154. The summed E-state index contributed by atoms with van der Waals surface area (Å²) in [5, 5.41) is 3.60. The van der Waals surface area contributed by atoms with Crippen molar-refractivity contribution in [2.45, 2.75) is 42.6 Å². The molecule has 2 amide bonds. The van der Waals surface area contributed by atoms with Crippen LogP contribution in [-0.2, 0) is 32.6 Å². The molecule has 0 heterocycles. The molecule has 7 nitrogen and oxygen atoms in total. The maximum atomic E-state index is 14.5. The van der Waals surface area contributed by atoms with E-state index in [0.29, 0.717) is 27.8 Å². The molecule has 4 rings (SSSR count). The van der Waals surface area contributed by atoms with Crippen LogP contribution in [0.3, 0.4) is 0 Å². The monoisotopic (exact) mass is 683 g/mol. The molecular weight excluding hydrogens is 649 g/mol. The lowest BCUT2D eigenvalue weighted by Gasteiger charge is -2.34. The number of hydrogen-bond acceptors (Lipinski definition) is 5. The zero-order valence-electron chi connectivity index (χ0n) is 25.2. The average molecular weight is 685 g/mol. The van der Waals surface area contributed by atoms with Crippen LogP contribution in [0.4, 0.5) is 5.69 Å². The number of benzene rings is 4. The molecule has 0 bridgehead atoms. The summed E-state index contributed by atoms with van der Waals surface area (Å²) in [6, 6.07) is 26.8. The van der Waals surface area contributed by atoms with Crippen molar-refractivity contribution < 1.29 is 18.0 Å². The molecule has 4 aromatic rings. The third kappa shape index (κ3) is 8.82. The lowest BCUT2D eigenvalue weighted by Crippen LogP contribution is -2.53. The van der Waals surface area contributed by atoms with Gasteiger partial charge in [-0.05, 0) is 79.8 Å². The van der Waals surface area contributed by atoms with Crippen molar-refractivity contribution in [2.75, 3.05) is 23.7 Å². The molecule has 45 heavy (non-hydrogen) atoms. The normalized spacial score (nSPS) is 11.9. The van der Waals surface area contributed by atoms with Gasteiger partial charge in [-0.15, -0.1) is 11.8 Å². The summed E-state index contributed by atoms with van der Waals surface area (Å²) < 4.78 is 29.4. The van der Waals surface area contributed by atoms with E-state index in [9.17, 15) is 18.0 Å². The zero-order valence-corrected chi connectivity index (χ0v) is 28.4. The molecule has 0 unspecified atom stereocenters. The van der Waals surface area contributed by atoms with E-state index >= 15 is 0 Å². The van der Waals surface area contributed by atoms with Crippen molar-refractivity contribution in [3.8, 4) is 0 Å². The highest BCUT2D eigenvalue weighted by Crippen LogP contribution is 2.28. The van der Waals surface area contributed by atoms with Gasteiger partial charge in [0.1, 0.15) is 12.6 Å². The van der Waals surface area contributed by atoms with Crippen LogP contribution < -0.4 is 9.62 Å². The number of nitrogens with one attached hydrogen (secondary N) is 1. The van der Waals surface area contributed by atoms with Crippen molar-refractivity contribution in [3.05, 3.63) is 124 Å². The molecule has 4 aromatic carbocycles. The Balaban J connectivity index is 1.81. The number of hydrogen-bond donors (Lipinski definition) is 1. The minimum absolute atomic E-state index is 0.0468. The van der Waals surface area contributed by atoms with E-state index in [2.05, 4.69) is 5.32 Å². The SMILES string of the molecule is CCNC(=O)[C@H](Cc1ccccc1)N(Cc1ccc(Cl)cc1Cl)C(=O)CN(c1ccc(C)cc1)S(=O)(=O)c1ccc(SC)cc1. The Kier molecular flexibility index (Phi) is 12.0. The van der Waals surface area contributed by atoms with Crippen LogP contribution in [0, 0.1) is 6.92 Å². The van der Waals surface area contributed by atoms with E-state index in [4.69, 9.17) is 23.2 Å². The number of halogens is 2. The van der Waals surface area contributed by atoms with Gasteiger partial charge in [-0.3, -0.25) is 13.9 Å². The number of aryl methyl sites for hydroxylation is 1. The maximum Gasteiger partial charge on any atom is 0.264 e. The van der Waals surface area contributed by atoms with Crippen molar-refractivity contribution >= 4 is 62.5 Å². The Labute approximate surface area is 279 Å². The summed E-state index contributed by atoms with van der Waals surface area (Å²) in [4.78, 5) is 30.4. The highest BCUT2D eigenvalue weighted by Gasteiger charge is 2.34. The summed E-state index contributed by atoms with van der Waals surface area (Å²) >= 11 is 14.2. The molecule has 0 radical (unpaired) electrons. The number of likely N-dealkylation sites (N-methyl/N-ethyl adjacent to an activating group) is 1. The van der Waals surface area contributed by atoms with E-state index in [1.54, 1.807) is 61.5 Å². The van der Waals surface area contributed by atoms with Gasteiger partial charge in [-0.25, -0.2) is 8.42 Å². The van der Waals surface area contributed by atoms with Gasteiger partial charge in [0.15, 0.2) is 0 Å². The summed E-state index contributed by atoms with van der Waals surface area (Å²) in [5.74, 6) is -0.935. The van der Waals surface area contributed by atoms with Gasteiger partial charge in [-0.2, -0.15) is 0 Å². The van der Waals surface area contributed by atoms with Gasteiger partial charge in [0.25, 0.3) is 10.0 Å². The molecule has 1 N–H and O–H groups in total. The number of carbonyl (C=O) groups excluding carboxylic acids is 2. The third-order valence-electron chi connectivity index (χ3n) is 7.23. The standard InChI is InChI=1S/C34H35Cl2N3O4S2/c1-4-37-34(41)32(20-25-8-6-5-7-9-25)38(22-26-12-13-27(35)21-31(26)36)33(40)23-39(28-14-10-24(2)11-15-28)45(42,43)30-18-16-29(44-3)17-19-30/h5-19,21,32H,4,20,22-23H2,1-3H3,(H,37,41)/t32-/m0/s1. The molecule has 0 aliphatic carbocycles. The number of thioether (sulfide) groups is 1. The van der Waals surface area contributed by atoms with Crippen LogP contribution >= 0.6 is 35.0 Å². The smallest absolute Gasteiger partial charge is 0.264 e. The maximum absolute atomic E-state index is 14.5. The van der Waals surface area contributed by atoms with E-state index in [1.807, 2.05) is 43.5 Å². The number of anilines is 1. The first-order valence-corrected chi connectivity index (χ1v) is 17.7. The molecule has 0 aliphatic heterocycles. The lowest BCUT2D eigenvalue weighted by atomic mass is 10.0. The van der Waals surface area contributed by atoms with Crippen LogP contribution in [0.15, 0.2) is 107 Å². The van der Waals surface area contributed by atoms with E-state index in [-0.39, 0.29) is 23.8 Å². The van der Waals surface area contributed by atoms with Crippen LogP contribution in [-0.4, -0.2) is 50.5 Å². The fraction of sp³-hybridized carbons (Fsp3) is 0.235. The first-order chi connectivity index (χ1) is 21.5. The van der Waals surface area contributed by atoms with Crippen LogP contribution in [0.1, 0.15) is 23.6 Å². The summed E-state index contributed by atoms with van der Waals surface area (Å²) in [7, 11) is -4.19. The number of sulfonamides is 1. The molecule has 0 saturated heterocycles. The summed E-state index contributed by atoms with van der Waals surface area (Å²) in [6.45, 7) is 3.45. The second-order valence-electron chi connectivity index (χ2n) is 10.4. The first-order valence-electron chi connectivity index (χ1n) is 14.3. The minimum Gasteiger partial charge on any atom is -0.355 e. The van der Waals surface area contributed by atoms with Crippen LogP contribution in [0.25, 0.3) is 0 Å². The Hall–Kier alpha value is -3.50. The highest BCUT2D eigenvalue weighted by atomic mass is 35.5. The fourth-order valence-corrected chi connectivity index (χ4v) is 7.08. The molecule has 0 aromatic heterocycles. The van der Waals surface area contributed by atoms with Crippen molar-refractivity contribution in [2.24, 2.45) is 0 Å². The van der Waals surface area contributed by atoms with E-state index in [0.717, 1.165) is 20.3 Å². The molecule has 1 atom stereocenters. The Morgan fingerprint density at radius 2 is 1.58 bits per heavy atom. The lowest BCUT2D eigenvalue weighted by molar-refractivity contribution is -0.140. The molecular formula is C34H35Cl2N3O4S2. The number of rotatable bonds is 13. The number of amides is 2. The topological polar surface area (TPSA) is 86.8 Å². The Bertz CT molecular complexity index is 1720. The van der Waals surface area contributed by atoms with Crippen molar-refractivity contribution in [3.63, 3.8) is 0 Å². The van der Waals surface area contributed by atoms with E-state index < -0.39 is 28.5 Å². The molecule has 0 aliphatic rings. The minimum atomic E-state index is -4.19. The van der Waals surface area contributed by atoms with Gasteiger partial charge < -0.3 is 10.2 Å². The van der Waals surface area contributed by atoms with Crippen LogP contribution in [0.5, 0.6) is 0 Å². The number of carbonyl (C=O) groups is 2. The molecule has 236 valence electrons. The Morgan fingerprint density at radius 1 is 0.911 bits per heavy atom. The molecule has 11 heteroatoms. The van der Waals surface area contributed by atoms with Crippen molar-refractivity contribution in [1.29, 1.82) is 0 Å². The molecule has 0 spiro atoms. The van der Waals surface area contributed by atoms with Crippen molar-refractivity contribution in [1.82, 2.24) is 10.2 Å². The summed E-state index contributed by atoms with van der Waals surface area (Å²) in [6.07, 6.45) is 2.11. The van der Waals surface area contributed by atoms with Gasteiger partial charge in [0.05, 0.1) is 10.6 Å². The second-order valence-corrected chi connectivity index (χ2v) is 14.0. The first kappa shape index (κ1) is 34.4.